The first kappa shape index (κ1) is 10.5. The molecule has 0 aliphatic heterocycles. The molecule has 13 heavy (non-hydrogen) atoms. The summed E-state index contributed by atoms with van der Waals surface area (Å²) >= 11 is 0. The fraction of sp³-hybridized carbons (Fsp3) is 0.909. The molecule has 0 aromatic heterocycles. The van der Waals surface area contributed by atoms with Crippen LogP contribution in [-0.4, -0.2) is 11.6 Å². The highest BCUT2D eigenvalue weighted by Gasteiger charge is 2.23. The Morgan fingerprint density at radius 1 is 1.31 bits per heavy atom. The van der Waals surface area contributed by atoms with Crippen molar-refractivity contribution in [2.45, 2.75) is 57.9 Å². The SMILES string of the molecule is CC(C)(CC1CCCCC1)N=C=O. The minimum atomic E-state index is -0.191. The average Bonchev–Trinajstić information content (AvgIpc) is 2.04. The monoisotopic (exact) mass is 181 g/mol. The van der Waals surface area contributed by atoms with Gasteiger partial charge in [0.1, 0.15) is 0 Å². The second-order valence-corrected chi connectivity index (χ2v) is 4.72. The molecule has 2 heteroatoms. The molecule has 0 aromatic rings. The van der Waals surface area contributed by atoms with Gasteiger partial charge in [-0.15, -0.1) is 0 Å². The predicted molar refractivity (Wildman–Crippen MR) is 53.4 cm³/mol. The molecule has 0 N–H and O–H groups in total. The van der Waals surface area contributed by atoms with Crippen LogP contribution in [0.15, 0.2) is 4.99 Å². The van der Waals surface area contributed by atoms with E-state index in [0.29, 0.717) is 0 Å². The summed E-state index contributed by atoms with van der Waals surface area (Å²) in [7, 11) is 0. The maximum absolute atomic E-state index is 10.2. The first-order valence-corrected chi connectivity index (χ1v) is 5.23. The molecule has 1 aliphatic carbocycles. The number of hydrogen-bond acceptors (Lipinski definition) is 2. The normalized spacial score (nSPS) is 19.5. The van der Waals surface area contributed by atoms with Crippen LogP contribution >= 0.6 is 0 Å². The Morgan fingerprint density at radius 2 is 1.92 bits per heavy atom. The Hall–Kier alpha value is -0.620. The zero-order valence-electron chi connectivity index (χ0n) is 8.68. The Labute approximate surface area is 80.4 Å². The van der Waals surface area contributed by atoms with Gasteiger partial charge in [-0.25, -0.2) is 4.79 Å². The lowest BCUT2D eigenvalue weighted by atomic mass is 9.81. The van der Waals surface area contributed by atoms with E-state index in [1.807, 2.05) is 13.8 Å². The van der Waals surface area contributed by atoms with Gasteiger partial charge in [0, 0.05) is 0 Å². The molecular weight excluding hydrogens is 162 g/mol. The summed E-state index contributed by atoms with van der Waals surface area (Å²) in [6, 6.07) is 0. The Balaban J connectivity index is 2.41. The standard InChI is InChI=1S/C11H19NO/c1-11(2,12-9-13)8-10-6-4-3-5-7-10/h10H,3-8H2,1-2H3. The van der Waals surface area contributed by atoms with E-state index in [1.165, 1.54) is 32.1 Å². The predicted octanol–water partition coefficient (Wildman–Crippen LogP) is 3.07. The van der Waals surface area contributed by atoms with Crippen molar-refractivity contribution >= 4 is 6.08 Å². The van der Waals surface area contributed by atoms with Gasteiger partial charge in [0.25, 0.3) is 0 Å². The molecule has 1 aliphatic rings. The molecule has 0 unspecified atom stereocenters. The van der Waals surface area contributed by atoms with Crippen molar-refractivity contribution < 1.29 is 4.79 Å². The van der Waals surface area contributed by atoms with Gasteiger partial charge in [0.15, 0.2) is 0 Å². The minimum absolute atomic E-state index is 0.191. The van der Waals surface area contributed by atoms with Crippen LogP contribution in [0.5, 0.6) is 0 Å². The quantitative estimate of drug-likeness (QED) is 0.486. The van der Waals surface area contributed by atoms with E-state index in [9.17, 15) is 4.79 Å². The second-order valence-electron chi connectivity index (χ2n) is 4.72. The largest absolute Gasteiger partial charge is 0.235 e. The first-order chi connectivity index (χ1) is 6.14. The van der Waals surface area contributed by atoms with Crippen molar-refractivity contribution in [3.05, 3.63) is 0 Å². The number of carbonyl (C=O) groups excluding carboxylic acids is 1. The van der Waals surface area contributed by atoms with Crippen LogP contribution in [0.4, 0.5) is 0 Å². The topological polar surface area (TPSA) is 29.4 Å². The van der Waals surface area contributed by atoms with Crippen molar-refractivity contribution in [1.82, 2.24) is 0 Å². The van der Waals surface area contributed by atoms with Crippen molar-refractivity contribution in [3.63, 3.8) is 0 Å². The minimum Gasteiger partial charge on any atom is -0.211 e. The maximum Gasteiger partial charge on any atom is 0.235 e. The molecule has 1 rings (SSSR count). The number of aliphatic imine (C=N–C) groups is 1. The van der Waals surface area contributed by atoms with Gasteiger partial charge >= 0.3 is 0 Å². The van der Waals surface area contributed by atoms with Gasteiger partial charge in [-0.2, -0.15) is 4.99 Å². The molecule has 0 radical (unpaired) electrons. The molecule has 74 valence electrons. The van der Waals surface area contributed by atoms with Gasteiger partial charge in [0.2, 0.25) is 6.08 Å². The molecule has 1 saturated carbocycles. The number of nitrogens with zero attached hydrogens (tertiary/aromatic N) is 1. The van der Waals surface area contributed by atoms with Crippen molar-refractivity contribution in [1.29, 1.82) is 0 Å². The van der Waals surface area contributed by atoms with Crippen LogP contribution < -0.4 is 0 Å². The first-order valence-electron chi connectivity index (χ1n) is 5.23. The fourth-order valence-corrected chi connectivity index (χ4v) is 2.27. The van der Waals surface area contributed by atoms with Gasteiger partial charge in [-0.3, -0.25) is 0 Å². The number of hydrogen-bond donors (Lipinski definition) is 0. The Morgan fingerprint density at radius 3 is 2.46 bits per heavy atom. The number of rotatable bonds is 3. The van der Waals surface area contributed by atoms with Crippen molar-refractivity contribution in [2.24, 2.45) is 10.9 Å². The third-order valence-electron chi connectivity index (χ3n) is 2.86. The molecule has 1 fully saturated rings. The lowest BCUT2D eigenvalue weighted by molar-refractivity contribution is 0.282. The van der Waals surface area contributed by atoms with Crippen molar-refractivity contribution in [2.75, 3.05) is 0 Å². The molecule has 0 spiro atoms. The fourth-order valence-electron chi connectivity index (χ4n) is 2.27. The Kier molecular flexibility index (Phi) is 3.68. The van der Waals surface area contributed by atoms with E-state index in [0.717, 1.165) is 12.3 Å². The van der Waals surface area contributed by atoms with Crippen LogP contribution in [0.3, 0.4) is 0 Å². The molecule has 0 aromatic carbocycles. The maximum atomic E-state index is 10.2. The van der Waals surface area contributed by atoms with Crippen LogP contribution in [0.25, 0.3) is 0 Å². The summed E-state index contributed by atoms with van der Waals surface area (Å²) in [5.74, 6) is 0.779. The smallest absolute Gasteiger partial charge is 0.211 e. The third kappa shape index (κ3) is 3.73. The molecule has 0 heterocycles. The summed E-state index contributed by atoms with van der Waals surface area (Å²) in [6.45, 7) is 4.04. The van der Waals surface area contributed by atoms with Crippen LogP contribution in [-0.2, 0) is 4.79 Å². The summed E-state index contributed by atoms with van der Waals surface area (Å²) in [5, 5.41) is 0. The van der Waals surface area contributed by atoms with Crippen LogP contribution in [0.2, 0.25) is 0 Å². The van der Waals surface area contributed by atoms with Gasteiger partial charge in [0.05, 0.1) is 5.54 Å². The second kappa shape index (κ2) is 4.57. The van der Waals surface area contributed by atoms with E-state index in [1.54, 1.807) is 6.08 Å². The number of isocyanates is 1. The lowest BCUT2D eigenvalue weighted by Crippen LogP contribution is -2.22. The summed E-state index contributed by atoms with van der Waals surface area (Å²) in [5.41, 5.74) is -0.191. The van der Waals surface area contributed by atoms with Crippen LogP contribution in [0, 0.1) is 5.92 Å². The van der Waals surface area contributed by atoms with Gasteiger partial charge in [-0.05, 0) is 26.2 Å². The average molecular weight is 181 g/mol. The molecule has 0 saturated heterocycles. The van der Waals surface area contributed by atoms with Gasteiger partial charge < -0.3 is 0 Å². The third-order valence-corrected chi connectivity index (χ3v) is 2.86. The van der Waals surface area contributed by atoms with Crippen molar-refractivity contribution in [3.8, 4) is 0 Å². The molecule has 0 atom stereocenters. The highest BCUT2D eigenvalue weighted by molar-refractivity contribution is 5.34. The van der Waals surface area contributed by atoms with E-state index in [-0.39, 0.29) is 5.54 Å². The molecule has 2 nitrogen and oxygen atoms in total. The Bertz CT molecular complexity index is 198. The van der Waals surface area contributed by atoms with E-state index in [2.05, 4.69) is 4.99 Å². The van der Waals surface area contributed by atoms with E-state index < -0.39 is 0 Å². The molecule has 0 bridgehead atoms. The van der Waals surface area contributed by atoms with Crippen LogP contribution in [0.1, 0.15) is 52.4 Å². The highest BCUT2D eigenvalue weighted by atomic mass is 16.1. The molecular formula is C11H19NO. The van der Waals surface area contributed by atoms with Gasteiger partial charge in [-0.1, -0.05) is 32.1 Å². The lowest BCUT2D eigenvalue weighted by Gasteiger charge is -2.27. The van der Waals surface area contributed by atoms with E-state index in [4.69, 9.17) is 0 Å². The summed E-state index contributed by atoms with van der Waals surface area (Å²) in [4.78, 5) is 14.0. The zero-order valence-corrected chi connectivity index (χ0v) is 8.68. The highest BCUT2D eigenvalue weighted by Crippen LogP contribution is 2.31. The van der Waals surface area contributed by atoms with E-state index >= 15 is 0 Å². The molecule has 0 amide bonds. The summed E-state index contributed by atoms with van der Waals surface area (Å²) in [6.07, 6.45) is 9.44. The zero-order chi connectivity index (χ0) is 9.73. The summed E-state index contributed by atoms with van der Waals surface area (Å²) < 4.78 is 0.